The number of benzene rings is 2. The summed E-state index contributed by atoms with van der Waals surface area (Å²) >= 11 is 0. The highest BCUT2D eigenvalue weighted by Crippen LogP contribution is 2.41. The molecule has 0 aliphatic heterocycles. The maximum atomic E-state index is 2.33. The van der Waals surface area contributed by atoms with Gasteiger partial charge in [-0.2, -0.15) is 0 Å². The van der Waals surface area contributed by atoms with Crippen molar-refractivity contribution >= 4 is 11.1 Å². The van der Waals surface area contributed by atoms with E-state index in [1.807, 2.05) is 0 Å². The van der Waals surface area contributed by atoms with Gasteiger partial charge in [0.1, 0.15) is 0 Å². The molecule has 2 aromatic rings. The molecule has 2 rings (SSSR count). The molecule has 152 valence electrons. The van der Waals surface area contributed by atoms with Crippen LogP contribution >= 0.6 is 0 Å². The number of hydrogen-bond donors (Lipinski definition) is 0. The van der Waals surface area contributed by atoms with Crippen LogP contribution in [-0.4, -0.2) is 0 Å². The molecule has 0 bridgehead atoms. The van der Waals surface area contributed by atoms with Gasteiger partial charge >= 0.3 is 0 Å². The summed E-state index contributed by atoms with van der Waals surface area (Å²) in [4.78, 5) is 0. The first-order valence-corrected chi connectivity index (χ1v) is 10.9. The van der Waals surface area contributed by atoms with Gasteiger partial charge in [-0.3, -0.25) is 0 Å². The zero-order valence-corrected chi connectivity index (χ0v) is 20.4. The van der Waals surface area contributed by atoms with Crippen molar-refractivity contribution in [1.29, 1.82) is 0 Å². The van der Waals surface area contributed by atoms with Crippen molar-refractivity contribution < 1.29 is 0 Å². The molecule has 0 spiro atoms. The Kier molecular flexibility index (Phi) is 6.64. The molecule has 0 heterocycles. The van der Waals surface area contributed by atoms with Crippen molar-refractivity contribution in [2.75, 3.05) is 0 Å². The smallest absolute Gasteiger partial charge is 0.0158 e. The van der Waals surface area contributed by atoms with E-state index >= 15 is 0 Å². The summed E-state index contributed by atoms with van der Waals surface area (Å²) in [5.74, 6) is 0. The Labute approximate surface area is 174 Å². The lowest BCUT2D eigenvalue weighted by Gasteiger charge is -2.26. The van der Waals surface area contributed by atoms with Crippen molar-refractivity contribution in [3.8, 4) is 0 Å². The molecule has 0 atom stereocenters. The minimum Gasteiger partial charge on any atom is -0.0613 e. The van der Waals surface area contributed by atoms with Crippen LogP contribution < -0.4 is 0 Å². The highest BCUT2D eigenvalue weighted by Gasteiger charge is 2.21. The standard InChI is InChI=1S/C28H40/c1-13-25(27-21(9)17(5)15(3)18(6)22(27)10)26(14-2)28-23(11)19(7)16(4)20(8)24(28)12/h13-14H2,1-12H3/b26-25+. The molecule has 0 heteroatoms. The van der Waals surface area contributed by atoms with Crippen LogP contribution in [0, 0.1) is 69.2 Å². The molecule has 28 heavy (non-hydrogen) atoms. The maximum absolute atomic E-state index is 2.33. The fourth-order valence-corrected chi connectivity index (χ4v) is 4.99. The van der Waals surface area contributed by atoms with Gasteiger partial charge in [0.2, 0.25) is 0 Å². The van der Waals surface area contributed by atoms with E-state index in [0.717, 1.165) is 12.8 Å². The second kappa shape index (κ2) is 8.27. The number of rotatable bonds is 4. The topological polar surface area (TPSA) is 0 Å². The first kappa shape index (κ1) is 22.5. The quantitative estimate of drug-likeness (QED) is 0.469. The molecule has 0 radical (unpaired) electrons. The van der Waals surface area contributed by atoms with E-state index in [0.29, 0.717) is 0 Å². The Morgan fingerprint density at radius 2 is 0.536 bits per heavy atom. The van der Waals surface area contributed by atoms with Crippen LogP contribution in [0.4, 0.5) is 0 Å². The van der Waals surface area contributed by atoms with Crippen molar-refractivity contribution in [2.24, 2.45) is 0 Å². The Hall–Kier alpha value is -1.82. The zero-order valence-electron chi connectivity index (χ0n) is 20.4. The van der Waals surface area contributed by atoms with Crippen LogP contribution in [0.15, 0.2) is 0 Å². The van der Waals surface area contributed by atoms with Gasteiger partial charge in [-0.15, -0.1) is 0 Å². The highest BCUT2D eigenvalue weighted by molar-refractivity contribution is 5.95. The minimum atomic E-state index is 1.07. The molecule has 0 aromatic heterocycles. The van der Waals surface area contributed by atoms with Crippen molar-refractivity contribution in [1.82, 2.24) is 0 Å². The van der Waals surface area contributed by atoms with E-state index in [-0.39, 0.29) is 0 Å². The van der Waals surface area contributed by atoms with Crippen molar-refractivity contribution in [3.63, 3.8) is 0 Å². The molecule has 2 aromatic carbocycles. The van der Waals surface area contributed by atoms with E-state index in [4.69, 9.17) is 0 Å². The highest BCUT2D eigenvalue weighted by atomic mass is 14.3. The monoisotopic (exact) mass is 376 g/mol. The minimum absolute atomic E-state index is 1.07. The Bertz CT molecular complexity index is 827. The van der Waals surface area contributed by atoms with Gasteiger partial charge in [-0.25, -0.2) is 0 Å². The molecule has 0 nitrogen and oxygen atoms in total. The SMILES string of the molecule is CC/C(=C(/CC)c1c(C)c(C)c(C)c(C)c1C)c1c(C)c(C)c(C)c(C)c1C. The van der Waals surface area contributed by atoms with Crippen LogP contribution in [0.25, 0.3) is 11.1 Å². The predicted octanol–water partition coefficient (Wildman–Crippen LogP) is 8.50. The van der Waals surface area contributed by atoms with Gasteiger partial charge in [0.15, 0.2) is 0 Å². The van der Waals surface area contributed by atoms with Crippen LogP contribution in [0.3, 0.4) is 0 Å². The number of hydrogen-bond acceptors (Lipinski definition) is 0. The molecular formula is C28H40. The fourth-order valence-electron chi connectivity index (χ4n) is 4.99. The van der Waals surface area contributed by atoms with Gasteiger partial charge in [0.05, 0.1) is 0 Å². The molecule has 0 aliphatic rings. The third-order valence-corrected chi connectivity index (χ3v) is 7.67. The summed E-state index contributed by atoms with van der Waals surface area (Å²) < 4.78 is 0. The third kappa shape index (κ3) is 3.36. The van der Waals surface area contributed by atoms with Gasteiger partial charge in [-0.05, 0) is 160 Å². The lowest BCUT2D eigenvalue weighted by Crippen LogP contribution is -2.07. The number of allylic oxidation sites excluding steroid dienone is 2. The molecule has 0 saturated heterocycles. The van der Waals surface area contributed by atoms with E-state index < -0.39 is 0 Å². The van der Waals surface area contributed by atoms with Gasteiger partial charge in [0.25, 0.3) is 0 Å². The zero-order chi connectivity index (χ0) is 21.5. The predicted molar refractivity (Wildman–Crippen MR) is 128 cm³/mol. The first-order valence-electron chi connectivity index (χ1n) is 10.9. The summed E-state index contributed by atoms with van der Waals surface area (Å²) in [7, 11) is 0. The summed E-state index contributed by atoms with van der Waals surface area (Å²) in [5, 5.41) is 0. The summed E-state index contributed by atoms with van der Waals surface area (Å²) in [6.45, 7) is 27.6. The average molecular weight is 377 g/mol. The lowest BCUT2D eigenvalue weighted by molar-refractivity contribution is 1.10. The molecular weight excluding hydrogens is 336 g/mol. The summed E-state index contributed by atoms with van der Waals surface area (Å²) in [6.07, 6.45) is 2.13. The summed E-state index contributed by atoms with van der Waals surface area (Å²) in [6, 6.07) is 0. The molecule has 0 aliphatic carbocycles. The molecule has 0 fully saturated rings. The van der Waals surface area contributed by atoms with E-state index in [1.165, 1.54) is 77.9 Å². The fraction of sp³-hybridized carbons (Fsp3) is 0.500. The van der Waals surface area contributed by atoms with E-state index in [2.05, 4.69) is 83.1 Å². The Morgan fingerprint density at radius 3 is 0.714 bits per heavy atom. The van der Waals surface area contributed by atoms with E-state index in [9.17, 15) is 0 Å². The Balaban J connectivity index is 3.04. The van der Waals surface area contributed by atoms with Crippen LogP contribution in [0.1, 0.15) is 93.5 Å². The van der Waals surface area contributed by atoms with Crippen LogP contribution in [-0.2, 0) is 0 Å². The normalized spacial score (nSPS) is 12.4. The van der Waals surface area contributed by atoms with Crippen LogP contribution in [0.5, 0.6) is 0 Å². The second-order valence-corrected chi connectivity index (χ2v) is 8.66. The maximum Gasteiger partial charge on any atom is -0.0158 e. The van der Waals surface area contributed by atoms with Crippen LogP contribution in [0.2, 0.25) is 0 Å². The van der Waals surface area contributed by atoms with Crippen molar-refractivity contribution in [2.45, 2.75) is 95.9 Å². The second-order valence-electron chi connectivity index (χ2n) is 8.66. The van der Waals surface area contributed by atoms with Gasteiger partial charge < -0.3 is 0 Å². The molecule has 0 unspecified atom stereocenters. The summed E-state index contributed by atoms with van der Waals surface area (Å²) in [5.41, 5.74) is 20.6. The first-order chi connectivity index (χ1) is 13.0. The van der Waals surface area contributed by atoms with Gasteiger partial charge in [0, 0.05) is 0 Å². The van der Waals surface area contributed by atoms with Gasteiger partial charge in [-0.1, -0.05) is 13.8 Å². The third-order valence-electron chi connectivity index (χ3n) is 7.67. The van der Waals surface area contributed by atoms with Crippen molar-refractivity contribution in [3.05, 3.63) is 66.8 Å². The molecule has 0 saturated carbocycles. The molecule has 0 amide bonds. The lowest BCUT2D eigenvalue weighted by atomic mass is 9.79. The van der Waals surface area contributed by atoms with E-state index in [1.54, 1.807) is 0 Å². The Morgan fingerprint density at radius 1 is 0.357 bits per heavy atom. The average Bonchev–Trinajstić information content (AvgIpc) is 2.68. The largest absolute Gasteiger partial charge is 0.0613 e. The molecule has 0 N–H and O–H groups in total.